The Morgan fingerprint density at radius 2 is 2.10 bits per heavy atom. The van der Waals surface area contributed by atoms with Crippen molar-refractivity contribution in [1.82, 2.24) is 4.90 Å². The smallest absolute Gasteiger partial charge is 0.308 e. The van der Waals surface area contributed by atoms with Crippen molar-refractivity contribution in [2.75, 3.05) is 13.1 Å². The van der Waals surface area contributed by atoms with Crippen LogP contribution < -0.4 is 0 Å². The predicted octanol–water partition coefficient (Wildman–Crippen LogP) is 1.65. The highest BCUT2D eigenvalue weighted by atomic mass is 16.4. The number of carbonyl (C=O) groups excluding carboxylic acids is 1. The van der Waals surface area contributed by atoms with Gasteiger partial charge in [0.2, 0.25) is 5.91 Å². The average Bonchev–Trinajstić information content (AvgIpc) is 3.02. The van der Waals surface area contributed by atoms with Gasteiger partial charge in [-0.2, -0.15) is 0 Å². The maximum absolute atomic E-state index is 11.8. The molecule has 0 spiro atoms. The highest BCUT2D eigenvalue weighted by Gasteiger charge is 2.33. The summed E-state index contributed by atoms with van der Waals surface area (Å²) < 4.78 is 0. The normalized spacial score (nSPS) is 21.3. The molecule has 1 aliphatic heterocycles. The Balaban J connectivity index is 1.60. The van der Waals surface area contributed by atoms with Crippen LogP contribution in [0.4, 0.5) is 0 Å². The molecule has 1 saturated heterocycles. The third-order valence-corrected chi connectivity index (χ3v) is 4.40. The summed E-state index contributed by atoms with van der Waals surface area (Å²) in [5, 5.41) is 8.96. The van der Waals surface area contributed by atoms with E-state index in [1.54, 1.807) is 4.90 Å². The minimum Gasteiger partial charge on any atom is -0.481 e. The molecule has 20 heavy (non-hydrogen) atoms. The number of benzene rings is 1. The molecule has 3 rings (SSSR count). The van der Waals surface area contributed by atoms with Crippen molar-refractivity contribution in [3.05, 3.63) is 34.9 Å². The molecule has 0 bridgehead atoms. The van der Waals surface area contributed by atoms with Gasteiger partial charge in [0, 0.05) is 19.5 Å². The minimum absolute atomic E-state index is 0.0291. The molecule has 2 aliphatic rings. The van der Waals surface area contributed by atoms with Gasteiger partial charge in [0.15, 0.2) is 0 Å². The number of aryl methyl sites for hydroxylation is 2. The molecule has 1 aromatic rings. The zero-order chi connectivity index (χ0) is 14.1. The van der Waals surface area contributed by atoms with E-state index in [2.05, 4.69) is 18.2 Å². The van der Waals surface area contributed by atoms with Gasteiger partial charge >= 0.3 is 5.97 Å². The number of hydrogen-bond donors (Lipinski definition) is 1. The fraction of sp³-hybridized carbons (Fsp3) is 0.500. The van der Waals surface area contributed by atoms with E-state index in [4.69, 9.17) is 5.11 Å². The molecule has 106 valence electrons. The minimum atomic E-state index is -0.863. The van der Waals surface area contributed by atoms with Crippen LogP contribution in [-0.4, -0.2) is 35.0 Å². The molecular formula is C16H19NO3. The van der Waals surface area contributed by atoms with Gasteiger partial charge in [0.1, 0.15) is 0 Å². The molecule has 1 unspecified atom stereocenters. The number of carboxylic acid groups (broad SMARTS) is 1. The second kappa shape index (κ2) is 5.27. The van der Waals surface area contributed by atoms with Crippen molar-refractivity contribution < 1.29 is 14.7 Å². The van der Waals surface area contributed by atoms with E-state index in [-0.39, 0.29) is 12.3 Å². The molecular weight excluding hydrogens is 254 g/mol. The van der Waals surface area contributed by atoms with E-state index in [9.17, 15) is 9.59 Å². The Morgan fingerprint density at radius 3 is 2.85 bits per heavy atom. The van der Waals surface area contributed by atoms with Gasteiger partial charge in [0.25, 0.3) is 0 Å². The summed E-state index contributed by atoms with van der Waals surface area (Å²) in [6, 6.07) is 6.58. The SMILES string of the molecule is O=C(O)C1CC(=O)N(CCc2ccc3c(c2)CCC3)C1. The van der Waals surface area contributed by atoms with E-state index in [0.29, 0.717) is 13.1 Å². The summed E-state index contributed by atoms with van der Waals surface area (Å²) in [5.74, 6) is -1.42. The first-order valence-corrected chi connectivity index (χ1v) is 7.25. The van der Waals surface area contributed by atoms with Crippen LogP contribution in [-0.2, 0) is 28.9 Å². The maximum Gasteiger partial charge on any atom is 0.308 e. The van der Waals surface area contributed by atoms with Crippen molar-refractivity contribution in [3.8, 4) is 0 Å². The highest BCUT2D eigenvalue weighted by molar-refractivity contribution is 5.86. The maximum atomic E-state index is 11.8. The Morgan fingerprint density at radius 1 is 1.30 bits per heavy atom. The number of nitrogens with zero attached hydrogens (tertiary/aromatic N) is 1. The second-order valence-corrected chi connectivity index (χ2v) is 5.79. The number of carbonyl (C=O) groups is 2. The number of amides is 1. The van der Waals surface area contributed by atoms with E-state index in [1.807, 2.05) is 0 Å². The lowest BCUT2D eigenvalue weighted by Gasteiger charge is -2.16. The topological polar surface area (TPSA) is 57.6 Å². The third-order valence-electron chi connectivity index (χ3n) is 4.40. The molecule has 1 fully saturated rings. The van der Waals surface area contributed by atoms with E-state index < -0.39 is 11.9 Å². The lowest BCUT2D eigenvalue weighted by atomic mass is 10.0. The van der Waals surface area contributed by atoms with Crippen LogP contribution >= 0.6 is 0 Å². The second-order valence-electron chi connectivity index (χ2n) is 5.79. The lowest BCUT2D eigenvalue weighted by Crippen LogP contribution is -2.28. The molecule has 0 aromatic heterocycles. The Kier molecular flexibility index (Phi) is 3.47. The van der Waals surface area contributed by atoms with Crippen LogP contribution in [0.1, 0.15) is 29.5 Å². The molecule has 0 radical (unpaired) electrons. The van der Waals surface area contributed by atoms with Crippen LogP contribution in [0.25, 0.3) is 0 Å². The fourth-order valence-corrected chi connectivity index (χ4v) is 3.20. The number of likely N-dealkylation sites (tertiary alicyclic amines) is 1. The van der Waals surface area contributed by atoms with Gasteiger partial charge in [0.05, 0.1) is 5.92 Å². The van der Waals surface area contributed by atoms with Gasteiger partial charge in [-0.3, -0.25) is 9.59 Å². The van der Waals surface area contributed by atoms with Crippen molar-refractivity contribution in [2.45, 2.75) is 32.1 Å². The summed E-state index contributed by atoms with van der Waals surface area (Å²) in [5.41, 5.74) is 4.15. The highest BCUT2D eigenvalue weighted by Crippen LogP contribution is 2.24. The fourth-order valence-electron chi connectivity index (χ4n) is 3.20. The molecule has 1 amide bonds. The molecule has 1 atom stereocenters. The van der Waals surface area contributed by atoms with Crippen LogP contribution in [0.5, 0.6) is 0 Å². The molecule has 4 heteroatoms. The van der Waals surface area contributed by atoms with Gasteiger partial charge in [-0.05, 0) is 42.4 Å². The third kappa shape index (κ3) is 2.55. The van der Waals surface area contributed by atoms with Gasteiger partial charge in [-0.15, -0.1) is 0 Å². The van der Waals surface area contributed by atoms with Crippen LogP contribution in [0.3, 0.4) is 0 Å². The average molecular weight is 273 g/mol. The lowest BCUT2D eigenvalue weighted by molar-refractivity contribution is -0.141. The largest absolute Gasteiger partial charge is 0.481 e. The van der Waals surface area contributed by atoms with Gasteiger partial charge in [-0.1, -0.05) is 18.2 Å². The van der Waals surface area contributed by atoms with Crippen LogP contribution in [0.2, 0.25) is 0 Å². The van der Waals surface area contributed by atoms with E-state index in [1.165, 1.54) is 29.5 Å². The van der Waals surface area contributed by atoms with Gasteiger partial charge < -0.3 is 10.0 Å². The number of fused-ring (bicyclic) bond motifs is 1. The first kappa shape index (κ1) is 13.2. The van der Waals surface area contributed by atoms with Gasteiger partial charge in [-0.25, -0.2) is 0 Å². The monoisotopic (exact) mass is 273 g/mol. The first-order valence-electron chi connectivity index (χ1n) is 7.25. The van der Waals surface area contributed by atoms with E-state index in [0.717, 1.165) is 12.8 Å². The van der Waals surface area contributed by atoms with Crippen molar-refractivity contribution in [3.63, 3.8) is 0 Å². The molecule has 1 heterocycles. The molecule has 1 aliphatic carbocycles. The first-order chi connectivity index (χ1) is 9.63. The summed E-state index contributed by atoms with van der Waals surface area (Å²) in [7, 11) is 0. The Bertz CT molecular complexity index is 553. The summed E-state index contributed by atoms with van der Waals surface area (Å²) in [6.45, 7) is 0.987. The summed E-state index contributed by atoms with van der Waals surface area (Å²) in [4.78, 5) is 24.4. The van der Waals surface area contributed by atoms with Crippen molar-refractivity contribution in [1.29, 1.82) is 0 Å². The van der Waals surface area contributed by atoms with E-state index >= 15 is 0 Å². The number of aliphatic carboxylic acids is 1. The quantitative estimate of drug-likeness (QED) is 0.907. The summed E-state index contributed by atoms with van der Waals surface area (Å²) >= 11 is 0. The number of carboxylic acids is 1. The van der Waals surface area contributed by atoms with Crippen LogP contribution in [0, 0.1) is 5.92 Å². The van der Waals surface area contributed by atoms with Crippen LogP contribution in [0.15, 0.2) is 18.2 Å². The number of hydrogen-bond acceptors (Lipinski definition) is 2. The zero-order valence-electron chi connectivity index (χ0n) is 11.5. The molecule has 1 N–H and O–H groups in total. The molecule has 0 saturated carbocycles. The Hall–Kier alpha value is -1.84. The number of rotatable bonds is 4. The standard InChI is InChI=1S/C16H19NO3/c18-15-9-14(16(19)20)10-17(15)7-6-11-4-5-12-2-1-3-13(12)8-11/h4-5,8,14H,1-3,6-7,9-10H2,(H,19,20). The molecule has 4 nitrogen and oxygen atoms in total. The zero-order valence-corrected chi connectivity index (χ0v) is 11.5. The van der Waals surface area contributed by atoms with Crippen molar-refractivity contribution in [2.24, 2.45) is 5.92 Å². The molecule has 1 aromatic carbocycles. The Labute approximate surface area is 118 Å². The summed E-state index contributed by atoms with van der Waals surface area (Å²) in [6.07, 6.45) is 4.54. The predicted molar refractivity (Wildman–Crippen MR) is 74.5 cm³/mol. The van der Waals surface area contributed by atoms with Crippen molar-refractivity contribution >= 4 is 11.9 Å².